The number of rotatable bonds is 2. The third-order valence-corrected chi connectivity index (χ3v) is 10.5. The van der Waals surface area contributed by atoms with Gasteiger partial charge in [0.05, 0.1) is 17.3 Å². The monoisotopic (exact) mass is 472 g/mol. The van der Waals surface area contributed by atoms with E-state index in [9.17, 15) is 10.2 Å². The molecular weight excluding hydrogens is 436 g/mol. The maximum Gasteiger partial charge on any atom is 0.105 e. The van der Waals surface area contributed by atoms with Gasteiger partial charge in [-0.15, -0.1) is 0 Å². The van der Waals surface area contributed by atoms with Gasteiger partial charge < -0.3 is 19.8 Å². The SMILES string of the molecule is CN(C)[C@H]1C[C@]23CC[C@@]4(C[C@@H]5CC[C@H](c6cccc7ccncc67)[C@@]5(C)C=C4C=C2[C@@H](O)[C@@H]1O)O3. The molecule has 35 heavy (non-hydrogen) atoms. The van der Waals surface area contributed by atoms with Crippen LogP contribution in [0, 0.1) is 11.3 Å². The van der Waals surface area contributed by atoms with Crippen molar-refractivity contribution in [3.63, 3.8) is 0 Å². The highest BCUT2D eigenvalue weighted by molar-refractivity contribution is 5.85. The second kappa shape index (κ2) is 7.25. The van der Waals surface area contributed by atoms with Crippen molar-refractivity contribution >= 4 is 10.8 Å². The first-order valence-corrected chi connectivity index (χ1v) is 13.3. The normalized spacial score (nSPS) is 44.0. The van der Waals surface area contributed by atoms with Gasteiger partial charge in [0.1, 0.15) is 6.10 Å². The van der Waals surface area contributed by atoms with Gasteiger partial charge in [0.15, 0.2) is 0 Å². The quantitative estimate of drug-likeness (QED) is 0.680. The van der Waals surface area contributed by atoms with Crippen LogP contribution in [-0.2, 0) is 4.74 Å². The minimum Gasteiger partial charge on any atom is -0.388 e. The lowest BCUT2D eigenvalue weighted by Gasteiger charge is -2.54. The first-order valence-electron chi connectivity index (χ1n) is 13.3. The van der Waals surface area contributed by atoms with Crippen LogP contribution in [-0.4, -0.2) is 63.6 Å². The Labute approximate surface area is 207 Å². The molecule has 5 aliphatic rings. The number of aromatic nitrogens is 1. The topological polar surface area (TPSA) is 65.8 Å². The van der Waals surface area contributed by atoms with Crippen LogP contribution in [0.1, 0.15) is 56.9 Å². The molecule has 1 aromatic heterocycles. The van der Waals surface area contributed by atoms with Crippen molar-refractivity contribution in [3.8, 4) is 0 Å². The molecule has 5 nitrogen and oxygen atoms in total. The molecule has 2 bridgehead atoms. The fraction of sp³-hybridized carbons (Fsp3) is 0.567. The van der Waals surface area contributed by atoms with Crippen molar-refractivity contribution < 1.29 is 14.9 Å². The standard InChI is InChI=1S/C30H36N2O3/c1-28-14-20-13-24-26(33)27(34)25(32(2)3)16-30(24)11-10-29(20,35-30)15-19(28)7-8-23(28)21-6-4-5-18-9-12-31-17-22(18)21/h4-6,9,12-14,17,19,23,25-27,33-34H,7-8,10-11,15-16H2,1-3H3/t19-,23+,25-,26+,27+,28-,29-,30+/m0/s1. The number of allylic oxidation sites excluding steroid dienone is 1. The highest BCUT2D eigenvalue weighted by atomic mass is 16.5. The predicted octanol–water partition coefficient (Wildman–Crippen LogP) is 4.35. The minimum atomic E-state index is -0.887. The van der Waals surface area contributed by atoms with Crippen molar-refractivity contribution in [3.05, 3.63) is 65.5 Å². The van der Waals surface area contributed by atoms with Crippen LogP contribution in [0.2, 0.25) is 0 Å². The molecule has 2 saturated carbocycles. The number of hydrogen-bond donors (Lipinski definition) is 2. The molecule has 2 spiro atoms. The molecule has 3 fully saturated rings. The van der Waals surface area contributed by atoms with E-state index in [-0.39, 0.29) is 17.1 Å². The van der Waals surface area contributed by atoms with Crippen LogP contribution >= 0.6 is 0 Å². The Morgan fingerprint density at radius 1 is 1.06 bits per heavy atom. The van der Waals surface area contributed by atoms with Crippen LogP contribution in [0.15, 0.2) is 60.0 Å². The Balaban J connectivity index is 1.34. The summed E-state index contributed by atoms with van der Waals surface area (Å²) in [6.45, 7) is 2.44. The number of benzene rings is 1. The highest BCUT2D eigenvalue weighted by Gasteiger charge is 2.64. The summed E-state index contributed by atoms with van der Waals surface area (Å²) in [5, 5.41) is 24.7. The average Bonchev–Trinajstić information content (AvgIpc) is 3.33. The summed E-state index contributed by atoms with van der Waals surface area (Å²) in [5.74, 6) is 0.994. The molecule has 0 unspecified atom stereocenters. The van der Waals surface area contributed by atoms with Crippen LogP contribution in [0.4, 0.5) is 0 Å². The molecule has 3 heterocycles. The zero-order valence-corrected chi connectivity index (χ0v) is 20.9. The predicted molar refractivity (Wildman–Crippen MR) is 136 cm³/mol. The fourth-order valence-corrected chi connectivity index (χ4v) is 8.59. The van der Waals surface area contributed by atoms with E-state index in [1.54, 1.807) is 0 Å². The van der Waals surface area contributed by atoms with Gasteiger partial charge >= 0.3 is 0 Å². The fourth-order valence-electron chi connectivity index (χ4n) is 8.59. The number of hydrogen-bond acceptors (Lipinski definition) is 5. The summed E-state index contributed by atoms with van der Waals surface area (Å²) in [6, 6.07) is 8.66. The molecule has 184 valence electrons. The number of fused-ring (bicyclic) bond motifs is 2. The van der Waals surface area contributed by atoms with E-state index < -0.39 is 17.8 Å². The van der Waals surface area contributed by atoms with Gasteiger partial charge in [-0.2, -0.15) is 0 Å². The van der Waals surface area contributed by atoms with Crippen LogP contribution in [0.25, 0.3) is 10.8 Å². The molecule has 0 amide bonds. The van der Waals surface area contributed by atoms with Gasteiger partial charge in [-0.1, -0.05) is 37.3 Å². The Morgan fingerprint density at radius 3 is 2.71 bits per heavy atom. The van der Waals surface area contributed by atoms with Gasteiger partial charge in [0.2, 0.25) is 0 Å². The van der Waals surface area contributed by atoms with Gasteiger partial charge in [-0.25, -0.2) is 0 Å². The average molecular weight is 473 g/mol. The second-order valence-corrected chi connectivity index (χ2v) is 12.3. The summed E-state index contributed by atoms with van der Waals surface area (Å²) in [5.41, 5.74) is 2.87. The number of pyridine rings is 1. The van der Waals surface area contributed by atoms with Gasteiger partial charge in [0, 0.05) is 23.8 Å². The number of nitrogens with zero attached hydrogens (tertiary/aromatic N) is 2. The highest BCUT2D eigenvalue weighted by Crippen LogP contribution is 2.66. The van der Waals surface area contributed by atoms with Crippen LogP contribution < -0.4 is 0 Å². The maximum absolute atomic E-state index is 11.2. The number of likely N-dealkylation sites (N-methyl/N-ethyl adjacent to an activating group) is 1. The van der Waals surface area contributed by atoms with E-state index in [4.69, 9.17) is 4.74 Å². The molecule has 8 atom stereocenters. The van der Waals surface area contributed by atoms with E-state index in [1.165, 1.54) is 34.8 Å². The molecule has 1 aromatic carbocycles. The summed E-state index contributed by atoms with van der Waals surface area (Å²) >= 11 is 0. The van der Waals surface area contributed by atoms with Crippen LogP contribution in [0.5, 0.6) is 0 Å². The Hall–Kier alpha value is -2.05. The largest absolute Gasteiger partial charge is 0.388 e. The molecular formula is C30H36N2O3. The Kier molecular flexibility index (Phi) is 4.60. The summed E-state index contributed by atoms with van der Waals surface area (Å²) in [7, 11) is 3.97. The van der Waals surface area contributed by atoms with E-state index in [1.807, 2.05) is 31.4 Å². The van der Waals surface area contributed by atoms with Gasteiger partial charge in [-0.3, -0.25) is 4.98 Å². The molecule has 2 aromatic rings. The first kappa shape index (κ1) is 22.2. The summed E-state index contributed by atoms with van der Waals surface area (Å²) in [6.07, 6.45) is 13.0. The summed E-state index contributed by atoms with van der Waals surface area (Å²) < 4.78 is 7.10. The van der Waals surface area contributed by atoms with Crippen molar-refractivity contribution in [2.75, 3.05) is 14.1 Å². The zero-order valence-electron chi connectivity index (χ0n) is 20.9. The minimum absolute atomic E-state index is 0.0259. The zero-order chi connectivity index (χ0) is 24.2. The van der Waals surface area contributed by atoms with E-state index in [2.05, 4.69) is 48.3 Å². The molecule has 2 aliphatic heterocycles. The third kappa shape index (κ3) is 2.87. The van der Waals surface area contributed by atoms with E-state index in [0.717, 1.165) is 31.3 Å². The maximum atomic E-state index is 11.2. The van der Waals surface area contributed by atoms with Gasteiger partial charge in [-0.05, 0) is 98.0 Å². The molecule has 3 aliphatic carbocycles. The van der Waals surface area contributed by atoms with Crippen molar-refractivity contribution in [2.24, 2.45) is 11.3 Å². The second-order valence-electron chi connectivity index (χ2n) is 12.3. The molecule has 5 heteroatoms. The summed E-state index contributed by atoms with van der Waals surface area (Å²) in [4.78, 5) is 6.48. The smallest absolute Gasteiger partial charge is 0.105 e. The lowest BCUT2D eigenvalue weighted by atomic mass is 9.61. The lowest BCUT2D eigenvalue weighted by molar-refractivity contribution is -0.146. The lowest BCUT2D eigenvalue weighted by Crippen LogP contribution is -2.60. The Morgan fingerprint density at radius 2 is 1.89 bits per heavy atom. The number of ether oxygens (including phenoxy) is 1. The van der Waals surface area contributed by atoms with Crippen molar-refractivity contribution in [1.29, 1.82) is 0 Å². The number of aliphatic hydroxyl groups excluding tert-OH is 2. The number of aliphatic hydroxyl groups is 2. The molecule has 1 saturated heterocycles. The Bertz CT molecular complexity index is 1260. The van der Waals surface area contributed by atoms with E-state index in [0.29, 0.717) is 11.8 Å². The molecule has 0 radical (unpaired) electrons. The van der Waals surface area contributed by atoms with Crippen molar-refractivity contribution in [2.45, 2.75) is 80.8 Å². The first-order chi connectivity index (χ1) is 16.8. The van der Waals surface area contributed by atoms with Crippen molar-refractivity contribution in [1.82, 2.24) is 9.88 Å². The molecule has 7 rings (SSSR count). The van der Waals surface area contributed by atoms with Gasteiger partial charge in [0.25, 0.3) is 0 Å². The van der Waals surface area contributed by atoms with E-state index >= 15 is 0 Å². The molecule has 2 N–H and O–H groups in total. The third-order valence-electron chi connectivity index (χ3n) is 10.5. The van der Waals surface area contributed by atoms with Crippen LogP contribution in [0.3, 0.4) is 0 Å².